The van der Waals surface area contributed by atoms with Gasteiger partial charge in [0.1, 0.15) is 13.1 Å². The molecule has 0 fully saturated rings. The molecule has 192 valence electrons. The zero-order chi connectivity index (χ0) is 26.9. The van der Waals surface area contributed by atoms with E-state index in [1.165, 1.54) is 24.3 Å². The molecule has 0 saturated carbocycles. The van der Waals surface area contributed by atoms with Crippen molar-refractivity contribution in [2.45, 2.75) is 19.3 Å². The highest BCUT2D eigenvalue weighted by Crippen LogP contribution is 2.34. The number of benzene rings is 3. The minimum Gasteiger partial charge on any atom is -0.337 e. The fraction of sp³-hybridized carbons (Fsp3) is 0.115. The molecule has 1 amide bonds. The molecule has 2 heterocycles. The van der Waals surface area contributed by atoms with Crippen LogP contribution in [-0.4, -0.2) is 25.2 Å². The van der Waals surface area contributed by atoms with Crippen molar-refractivity contribution < 1.29 is 22.5 Å². The molecule has 0 unspecified atom stereocenters. The third kappa shape index (κ3) is 4.83. The van der Waals surface area contributed by atoms with Crippen molar-refractivity contribution in [1.29, 1.82) is 0 Å². The van der Waals surface area contributed by atoms with Crippen LogP contribution >= 0.6 is 0 Å². The highest BCUT2D eigenvalue weighted by molar-refractivity contribution is 5.92. The van der Waals surface area contributed by atoms with E-state index in [4.69, 9.17) is 4.52 Å². The predicted octanol–water partition coefficient (Wildman–Crippen LogP) is 3.92. The van der Waals surface area contributed by atoms with E-state index in [0.29, 0.717) is 5.56 Å². The Morgan fingerprint density at radius 3 is 2.34 bits per heavy atom. The number of hydrogen-bond acceptors (Lipinski definition) is 6. The zero-order valence-electron chi connectivity index (χ0n) is 19.5. The summed E-state index contributed by atoms with van der Waals surface area (Å²) in [5.74, 6) is -0.644. The average molecular weight is 521 g/mol. The monoisotopic (exact) mass is 521 g/mol. The second-order valence-corrected chi connectivity index (χ2v) is 8.25. The summed E-state index contributed by atoms with van der Waals surface area (Å²) in [5.41, 5.74) is -2.18. The van der Waals surface area contributed by atoms with Crippen LogP contribution in [0.4, 0.5) is 18.9 Å². The SMILES string of the molecule is O=C(Cn1c(=O)n(Cc2nc(-c3ccccc3)no2)c(=O)c2ccccc21)Nc1ccccc1C(F)(F)F. The van der Waals surface area contributed by atoms with Crippen LogP contribution in [0.5, 0.6) is 0 Å². The molecule has 0 bridgehead atoms. The summed E-state index contributed by atoms with van der Waals surface area (Å²) in [6, 6.07) is 19.5. The van der Waals surface area contributed by atoms with Gasteiger partial charge in [-0.15, -0.1) is 0 Å². The summed E-state index contributed by atoms with van der Waals surface area (Å²) in [7, 11) is 0. The molecular weight excluding hydrogens is 503 g/mol. The summed E-state index contributed by atoms with van der Waals surface area (Å²) in [6.07, 6.45) is -4.69. The first-order chi connectivity index (χ1) is 18.2. The molecular formula is C26H18F3N5O4. The number of nitrogens with zero attached hydrogens (tertiary/aromatic N) is 4. The molecule has 0 aliphatic carbocycles. The van der Waals surface area contributed by atoms with Gasteiger partial charge in [-0.2, -0.15) is 18.2 Å². The van der Waals surface area contributed by atoms with Crippen LogP contribution in [0.1, 0.15) is 11.5 Å². The Morgan fingerprint density at radius 2 is 1.58 bits per heavy atom. The number of fused-ring (bicyclic) bond motifs is 1. The van der Waals surface area contributed by atoms with Gasteiger partial charge in [-0.25, -0.2) is 4.79 Å². The number of anilines is 1. The fourth-order valence-electron chi connectivity index (χ4n) is 3.99. The van der Waals surface area contributed by atoms with Gasteiger partial charge in [-0.05, 0) is 24.3 Å². The van der Waals surface area contributed by atoms with Gasteiger partial charge in [0.2, 0.25) is 17.6 Å². The number of hydrogen-bond donors (Lipinski definition) is 1. The lowest BCUT2D eigenvalue weighted by atomic mass is 10.1. The summed E-state index contributed by atoms with van der Waals surface area (Å²) >= 11 is 0. The van der Waals surface area contributed by atoms with E-state index in [0.717, 1.165) is 21.3 Å². The smallest absolute Gasteiger partial charge is 0.337 e. The summed E-state index contributed by atoms with van der Waals surface area (Å²) in [5, 5.41) is 6.22. The normalized spacial score (nSPS) is 11.6. The van der Waals surface area contributed by atoms with E-state index in [1.54, 1.807) is 36.4 Å². The number of rotatable bonds is 6. The molecule has 1 N–H and O–H groups in total. The minimum atomic E-state index is -4.69. The summed E-state index contributed by atoms with van der Waals surface area (Å²) < 4.78 is 47.1. The Morgan fingerprint density at radius 1 is 0.895 bits per heavy atom. The lowest BCUT2D eigenvalue weighted by Gasteiger charge is -2.15. The molecule has 3 aromatic carbocycles. The van der Waals surface area contributed by atoms with E-state index >= 15 is 0 Å². The van der Waals surface area contributed by atoms with Crippen molar-refractivity contribution in [2.75, 3.05) is 5.32 Å². The van der Waals surface area contributed by atoms with Crippen LogP contribution in [0.2, 0.25) is 0 Å². The molecule has 0 spiro atoms. The van der Waals surface area contributed by atoms with Crippen LogP contribution in [0, 0.1) is 0 Å². The number of nitrogens with one attached hydrogen (secondary N) is 1. The van der Waals surface area contributed by atoms with E-state index in [9.17, 15) is 27.6 Å². The molecule has 12 heteroatoms. The standard InChI is InChI=1S/C26H18F3N5O4/c27-26(28,29)18-11-5-6-12-19(18)30-21(35)14-33-20-13-7-4-10-17(20)24(36)34(25(33)37)15-22-31-23(32-38-22)16-8-2-1-3-9-16/h1-13H,14-15H2,(H,30,35). The Bertz CT molecular complexity index is 1760. The first-order valence-corrected chi connectivity index (χ1v) is 11.3. The fourth-order valence-corrected chi connectivity index (χ4v) is 3.99. The Balaban J connectivity index is 1.50. The average Bonchev–Trinajstić information content (AvgIpc) is 3.38. The van der Waals surface area contributed by atoms with Crippen molar-refractivity contribution in [3.8, 4) is 11.4 Å². The van der Waals surface area contributed by atoms with Gasteiger partial charge in [-0.1, -0.05) is 59.8 Å². The summed E-state index contributed by atoms with van der Waals surface area (Å²) in [6.45, 7) is -1.02. The summed E-state index contributed by atoms with van der Waals surface area (Å²) in [4.78, 5) is 43.6. The first kappa shape index (κ1) is 24.7. The van der Waals surface area contributed by atoms with Gasteiger partial charge in [0, 0.05) is 5.56 Å². The lowest BCUT2D eigenvalue weighted by molar-refractivity contribution is -0.137. The Labute approximate surface area is 211 Å². The molecule has 0 radical (unpaired) electrons. The maximum atomic E-state index is 13.4. The third-order valence-corrected chi connectivity index (χ3v) is 5.73. The van der Waals surface area contributed by atoms with E-state index < -0.39 is 41.1 Å². The minimum absolute atomic E-state index is 0.0200. The van der Waals surface area contributed by atoms with Crippen LogP contribution in [0.25, 0.3) is 22.3 Å². The van der Waals surface area contributed by atoms with Crippen LogP contribution in [-0.2, 0) is 24.1 Å². The van der Waals surface area contributed by atoms with Gasteiger partial charge in [0.25, 0.3) is 5.56 Å². The number of para-hydroxylation sites is 2. The molecule has 5 aromatic rings. The molecule has 9 nitrogen and oxygen atoms in total. The molecule has 0 aliphatic heterocycles. The molecule has 0 saturated heterocycles. The van der Waals surface area contributed by atoms with Crippen LogP contribution in [0.3, 0.4) is 0 Å². The van der Waals surface area contributed by atoms with Gasteiger partial charge in [-0.3, -0.25) is 18.7 Å². The van der Waals surface area contributed by atoms with Gasteiger partial charge < -0.3 is 9.84 Å². The highest BCUT2D eigenvalue weighted by Gasteiger charge is 2.33. The highest BCUT2D eigenvalue weighted by atomic mass is 19.4. The molecule has 2 aromatic heterocycles. The number of aromatic nitrogens is 4. The molecule has 38 heavy (non-hydrogen) atoms. The largest absolute Gasteiger partial charge is 0.418 e. The molecule has 0 atom stereocenters. The third-order valence-electron chi connectivity index (χ3n) is 5.73. The maximum Gasteiger partial charge on any atom is 0.418 e. The number of alkyl halides is 3. The van der Waals surface area contributed by atoms with Crippen molar-refractivity contribution in [3.63, 3.8) is 0 Å². The van der Waals surface area contributed by atoms with Crippen molar-refractivity contribution >= 4 is 22.5 Å². The van der Waals surface area contributed by atoms with Gasteiger partial charge in [0.05, 0.1) is 22.2 Å². The van der Waals surface area contributed by atoms with Crippen LogP contribution < -0.4 is 16.6 Å². The van der Waals surface area contributed by atoms with Crippen molar-refractivity contribution in [1.82, 2.24) is 19.3 Å². The maximum absolute atomic E-state index is 13.4. The molecule has 5 rings (SSSR count). The van der Waals surface area contributed by atoms with E-state index in [2.05, 4.69) is 15.5 Å². The van der Waals surface area contributed by atoms with Crippen molar-refractivity contribution in [3.05, 3.63) is 111 Å². The second kappa shape index (κ2) is 9.81. The van der Waals surface area contributed by atoms with Crippen LogP contribution in [0.15, 0.2) is 93.0 Å². The van der Waals surface area contributed by atoms with Gasteiger partial charge >= 0.3 is 11.9 Å². The topological polar surface area (TPSA) is 112 Å². The van der Waals surface area contributed by atoms with E-state index in [1.807, 2.05) is 6.07 Å². The second-order valence-electron chi connectivity index (χ2n) is 8.25. The molecule has 0 aliphatic rings. The number of carbonyl (C=O) groups is 1. The van der Waals surface area contributed by atoms with Gasteiger partial charge in [0.15, 0.2) is 0 Å². The van der Waals surface area contributed by atoms with E-state index in [-0.39, 0.29) is 29.2 Å². The quantitative estimate of drug-likeness (QED) is 0.363. The Kier molecular flexibility index (Phi) is 6.37. The Hall–Kier alpha value is -5.00. The number of halogens is 3. The zero-order valence-corrected chi connectivity index (χ0v) is 19.5. The lowest BCUT2D eigenvalue weighted by Crippen LogP contribution is -2.42. The number of amides is 1. The predicted molar refractivity (Wildman–Crippen MR) is 131 cm³/mol. The number of carbonyl (C=O) groups excluding carboxylic acids is 1. The van der Waals surface area contributed by atoms with Crippen molar-refractivity contribution in [2.24, 2.45) is 0 Å². The first-order valence-electron chi connectivity index (χ1n) is 11.3.